The predicted molar refractivity (Wildman–Crippen MR) is 119 cm³/mol. The fourth-order valence-electron chi connectivity index (χ4n) is 7.46. The van der Waals surface area contributed by atoms with Crippen LogP contribution in [0.15, 0.2) is 34.9 Å². The standard InChI is InChI=1S/C27H42O/c1-17(2)18(3)15-19(4)23-9-10-24-22-8-7-20-16-21(28)11-13-26(20,5)25(22)12-14-27(23,24)6/h7-8,15,17-18,21,23-25,28H,9-14,16H2,1-6H3. The summed E-state index contributed by atoms with van der Waals surface area (Å²) in [5.41, 5.74) is 5.70. The maximum Gasteiger partial charge on any atom is 0.0578 e. The molecule has 4 aliphatic rings. The molecule has 4 aliphatic carbocycles. The Morgan fingerprint density at radius 3 is 2.50 bits per heavy atom. The third kappa shape index (κ3) is 3.08. The molecule has 0 aliphatic heterocycles. The maximum absolute atomic E-state index is 10.2. The van der Waals surface area contributed by atoms with E-state index >= 15 is 0 Å². The maximum atomic E-state index is 10.2. The van der Waals surface area contributed by atoms with Crippen LogP contribution >= 0.6 is 0 Å². The molecule has 0 aromatic carbocycles. The quantitative estimate of drug-likeness (QED) is 0.517. The molecule has 0 amide bonds. The van der Waals surface area contributed by atoms with Crippen molar-refractivity contribution in [1.29, 1.82) is 0 Å². The molecule has 0 heterocycles. The largest absolute Gasteiger partial charge is 0.393 e. The Bertz CT molecular complexity index is 710. The summed E-state index contributed by atoms with van der Waals surface area (Å²) in [6.07, 6.45) is 15.9. The topological polar surface area (TPSA) is 20.2 Å². The number of hydrogen-bond acceptors (Lipinski definition) is 1. The zero-order valence-corrected chi connectivity index (χ0v) is 19.1. The molecule has 7 atom stereocenters. The monoisotopic (exact) mass is 382 g/mol. The number of aliphatic hydroxyl groups is 1. The zero-order valence-electron chi connectivity index (χ0n) is 19.1. The van der Waals surface area contributed by atoms with E-state index in [-0.39, 0.29) is 6.10 Å². The summed E-state index contributed by atoms with van der Waals surface area (Å²) in [5, 5.41) is 10.2. The summed E-state index contributed by atoms with van der Waals surface area (Å²) in [6.45, 7) is 14.6. The fourth-order valence-corrected chi connectivity index (χ4v) is 7.46. The summed E-state index contributed by atoms with van der Waals surface area (Å²) in [7, 11) is 0. The van der Waals surface area contributed by atoms with Crippen molar-refractivity contribution in [3.63, 3.8) is 0 Å². The van der Waals surface area contributed by atoms with Crippen LogP contribution in [0.5, 0.6) is 0 Å². The van der Waals surface area contributed by atoms with Gasteiger partial charge < -0.3 is 5.11 Å². The Hall–Kier alpha value is -0.820. The highest BCUT2D eigenvalue weighted by molar-refractivity contribution is 5.39. The number of hydrogen-bond donors (Lipinski definition) is 1. The summed E-state index contributed by atoms with van der Waals surface area (Å²) in [4.78, 5) is 0. The van der Waals surface area contributed by atoms with Gasteiger partial charge in [-0.2, -0.15) is 0 Å². The molecule has 1 heteroatoms. The third-order valence-corrected chi connectivity index (χ3v) is 9.67. The molecule has 0 radical (unpaired) electrons. The highest BCUT2D eigenvalue weighted by Gasteiger charge is 2.56. The molecule has 3 fully saturated rings. The molecular weight excluding hydrogens is 340 g/mol. The van der Waals surface area contributed by atoms with Gasteiger partial charge in [0.1, 0.15) is 0 Å². The molecule has 0 bridgehead atoms. The lowest BCUT2D eigenvalue weighted by atomic mass is 9.50. The van der Waals surface area contributed by atoms with Gasteiger partial charge in [-0.1, -0.05) is 69.6 Å². The van der Waals surface area contributed by atoms with Gasteiger partial charge in [0.05, 0.1) is 6.10 Å². The second-order valence-corrected chi connectivity index (χ2v) is 11.5. The van der Waals surface area contributed by atoms with Gasteiger partial charge in [0.25, 0.3) is 0 Å². The Balaban J connectivity index is 1.63. The first-order valence-electron chi connectivity index (χ1n) is 11.9. The van der Waals surface area contributed by atoms with Crippen molar-refractivity contribution in [3.8, 4) is 0 Å². The van der Waals surface area contributed by atoms with Crippen LogP contribution in [0.25, 0.3) is 0 Å². The highest BCUT2D eigenvalue weighted by atomic mass is 16.3. The van der Waals surface area contributed by atoms with E-state index in [4.69, 9.17) is 0 Å². The highest BCUT2D eigenvalue weighted by Crippen LogP contribution is 2.65. The van der Waals surface area contributed by atoms with Gasteiger partial charge in [-0.25, -0.2) is 0 Å². The van der Waals surface area contributed by atoms with Crippen molar-refractivity contribution in [2.24, 2.45) is 40.4 Å². The molecule has 156 valence electrons. The van der Waals surface area contributed by atoms with E-state index in [1.165, 1.54) is 37.7 Å². The second kappa shape index (κ2) is 7.15. The Morgan fingerprint density at radius 2 is 1.79 bits per heavy atom. The van der Waals surface area contributed by atoms with E-state index in [9.17, 15) is 5.11 Å². The summed E-state index contributed by atoms with van der Waals surface area (Å²) < 4.78 is 0. The van der Waals surface area contributed by atoms with Gasteiger partial charge in [-0.3, -0.25) is 0 Å². The average Bonchev–Trinajstić information content (AvgIpc) is 2.99. The van der Waals surface area contributed by atoms with Gasteiger partial charge in [0.15, 0.2) is 0 Å². The number of fused-ring (bicyclic) bond motifs is 5. The van der Waals surface area contributed by atoms with Crippen LogP contribution in [0, 0.1) is 40.4 Å². The molecular formula is C27H42O. The lowest BCUT2D eigenvalue weighted by Crippen LogP contribution is -2.46. The molecule has 4 rings (SSSR count). The minimum atomic E-state index is -0.116. The van der Waals surface area contributed by atoms with Crippen molar-refractivity contribution >= 4 is 0 Å². The van der Waals surface area contributed by atoms with E-state index in [1.807, 2.05) is 0 Å². The lowest BCUT2D eigenvalue weighted by molar-refractivity contribution is 0.0497. The Labute approximate surface area is 173 Å². The molecule has 0 aromatic heterocycles. The first-order valence-corrected chi connectivity index (χ1v) is 11.9. The van der Waals surface area contributed by atoms with Gasteiger partial charge in [0, 0.05) is 0 Å². The first kappa shape index (κ1) is 20.5. The van der Waals surface area contributed by atoms with Crippen molar-refractivity contribution in [3.05, 3.63) is 34.9 Å². The molecule has 0 spiro atoms. The van der Waals surface area contributed by atoms with Crippen LogP contribution in [-0.4, -0.2) is 11.2 Å². The number of aliphatic hydroxyl groups excluding tert-OH is 1. The predicted octanol–water partition coefficient (Wildman–Crippen LogP) is 7.08. The SMILES string of the molecule is CC(=CC(C)C(C)C)C1CCC2C3=CC=C4CC(O)CCC4(C)C3CCC12C. The van der Waals surface area contributed by atoms with Crippen LogP contribution in [0.2, 0.25) is 0 Å². The number of rotatable bonds is 3. The Kier molecular flexibility index (Phi) is 5.22. The summed E-state index contributed by atoms with van der Waals surface area (Å²) >= 11 is 0. The van der Waals surface area contributed by atoms with Crippen LogP contribution in [0.4, 0.5) is 0 Å². The normalized spacial score (nSPS) is 44.4. The molecule has 0 aromatic rings. The fraction of sp³-hybridized carbons (Fsp3) is 0.778. The average molecular weight is 383 g/mol. The van der Waals surface area contributed by atoms with E-state index < -0.39 is 0 Å². The van der Waals surface area contributed by atoms with Crippen LogP contribution in [0.1, 0.15) is 86.5 Å². The van der Waals surface area contributed by atoms with Gasteiger partial charge in [-0.05, 0) is 92.3 Å². The molecule has 7 unspecified atom stereocenters. The van der Waals surface area contributed by atoms with E-state index in [1.54, 1.807) is 11.1 Å². The van der Waals surface area contributed by atoms with Crippen LogP contribution in [-0.2, 0) is 0 Å². The minimum absolute atomic E-state index is 0.116. The van der Waals surface area contributed by atoms with E-state index in [2.05, 4.69) is 59.8 Å². The van der Waals surface area contributed by atoms with Gasteiger partial charge in [-0.15, -0.1) is 0 Å². The first-order chi connectivity index (χ1) is 13.2. The van der Waals surface area contributed by atoms with Gasteiger partial charge in [0.2, 0.25) is 0 Å². The third-order valence-electron chi connectivity index (χ3n) is 9.67. The van der Waals surface area contributed by atoms with Crippen molar-refractivity contribution in [2.75, 3.05) is 0 Å². The van der Waals surface area contributed by atoms with Crippen molar-refractivity contribution in [2.45, 2.75) is 92.6 Å². The molecule has 1 N–H and O–H groups in total. The summed E-state index contributed by atoms with van der Waals surface area (Å²) in [5.74, 6) is 3.63. The van der Waals surface area contributed by atoms with Crippen molar-refractivity contribution in [1.82, 2.24) is 0 Å². The smallest absolute Gasteiger partial charge is 0.0578 e. The van der Waals surface area contributed by atoms with Crippen molar-refractivity contribution < 1.29 is 5.11 Å². The van der Waals surface area contributed by atoms with Gasteiger partial charge >= 0.3 is 0 Å². The zero-order chi connectivity index (χ0) is 20.3. The van der Waals surface area contributed by atoms with E-state index in [0.29, 0.717) is 16.7 Å². The molecule has 0 saturated heterocycles. The van der Waals surface area contributed by atoms with E-state index in [0.717, 1.165) is 36.5 Å². The van der Waals surface area contributed by atoms with Crippen LogP contribution in [0.3, 0.4) is 0 Å². The molecule has 28 heavy (non-hydrogen) atoms. The summed E-state index contributed by atoms with van der Waals surface area (Å²) in [6, 6.07) is 0. The minimum Gasteiger partial charge on any atom is -0.393 e. The molecule has 3 saturated carbocycles. The second-order valence-electron chi connectivity index (χ2n) is 11.5. The molecule has 1 nitrogen and oxygen atoms in total. The van der Waals surface area contributed by atoms with Crippen LogP contribution < -0.4 is 0 Å². The lowest BCUT2D eigenvalue weighted by Gasteiger charge is -2.54. The Morgan fingerprint density at radius 1 is 1.04 bits per heavy atom. The number of allylic oxidation sites excluding steroid dienone is 5.